The molecular weight excluding hydrogens is 639 g/mol. The zero-order valence-electron chi connectivity index (χ0n) is 22.1. The summed E-state index contributed by atoms with van der Waals surface area (Å²) in [5, 5.41) is 0. The number of benzene rings is 2. The van der Waals surface area contributed by atoms with E-state index in [4.69, 9.17) is 4.74 Å². The topological polar surface area (TPSA) is 43.4 Å². The van der Waals surface area contributed by atoms with Crippen LogP contribution in [0.5, 0.6) is 5.75 Å². The van der Waals surface area contributed by atoms with Crippen molar-refractivity contribution in [2.24, 2.45) is 0 Å². The molecule has 0 heterocycles. The highest BCUT2D eigenvalue weighted by molar-refractivity contribution is 7.91. The maximum atomic E-state index is 14.0. The molecule has 0 unspecified atom stereocenters. The number of sulfone groups is 1. The molecule has 0 saturated carbocycles. The van der Waals surface area contributed by atoms with Crippen LogP contribution in [-0.2, 0) is 9.84 Å². The molecule has 2 rings (SSSR count). The lowest BCUT2D eigenvalue weighted by Crippen LogP contribution is -2.70. The molecular formula is C26H25F13O3S. The Bertz CT molecular complexity index is 1310. The number of alkyl halides is 13. The van der Waals surface area contributed by atoms with Gasteiger partial charge in [-0.25, -0.2) is 8.42 Å². The smallest absolute Gasteiger partial charge is 0.460 e. The predicted molar refractivity (Wildman–Crippen MR) is 129 cm³/mol. The summed E-state index contributed by atoms with van der Waals surface area (Å²) in [5.41, 5.74) is 0.921. The molecule has 17 heteroatoms. The van der Waals surface area contributed by atoms with Crippen molar-refractivity contribution in [2.45, 2.75) is 79.7 Å². The van der Waals surface area contributed by atoms with Gasteiger partial charge in [-0.3, -0.25) is 0 Å². The molecule has 0 saturated heterocycles. The lowest BCUT2D eigenvalue weighted by molar-refractivity contribution is -0.439. The molecule has 0 aliphatic carbocycles. The average Bonchev–Trinajstić information content (AvgIpc) is 2.91. The van der Waals surface area contributed by atoms with Crippen LogP contribution in [0.1, 0.15) is 39.0 Å². The Labute approximate surface area is 237 Å². The molecule has 2 aromatic rings. The van der Waals surface area contributed by atoms with Gasteiger partial charge in [0.2, 0.25) is 0 Å². The first-order chi connectivity index (χ1) is 19.5. The second kappa shape index (κ2) is 12.7. The molecule has 0 radical (unpaired) electrons. The molecule has 0 atom stereocenters. The first kappa shape index (κ1) is 36.5. The highest BCUT2D eigenvalue weighted by atomic mass is 32.2. The van der Waals surface area contributed by atoms with Gasteiger partial charge >= 0.3 is 35.8 Å². The fourth-order valence-electron chi connectivity index (χ4n) is 3.66. The van der Waals surface area contributed by atoms with Crippen LogP contribution in [-0.4, -0.2) is 56.6 Å². The van der Waals surface area contributed by atoms with Crippen LogP contribution >= 0.6 is 0 Å². The largest absolute Gasteiger partial charge is 0.494 e. The fourth-order valence-corrected chi connectivity index (χ4v) is 4.97. The van der Waals surface area contributed by atoms with E-state index in [2.05, 4.69) is 6.92 Å². The third-order valence-electron chi connectivity index (χ3n) is 6.35. The highest BCUT2D eigenvalue weighted by Crippen LogP contribution is 2.60. The maximum Gasteiger partial charge on any atom is 0.460 e. The van der Waals surface area contributed by atoms with E-state index in [0.29, 0.717) is 23.5 Å². The lowest BCUT2D eigenvalue weighted by atomic mass is 9.93. The highest BCUT2D eigenvalue weighted by Gasteiger charge is 2.90. The monoisotopic (exact) mass is 664 g/mol. The van der Waals surface area contributed by atoms with Crippen molar-refractivity contribution < 1.29 is 70.2 Å². The quantitative estimate of drug-likeness (QED) is 0.141. The second-order valence-electron chi connectivity index (χ2n) is 9.53. The molecule has 3 nitrogen and oxygen atoms in total. The molecule has 0 aliphatic heterocycles. The summed E-state index contributed by atoms with van der Waals surface area (Å²) in [6.45, 7) is 2.54. The van der Waals surface area contributed by atoms with Gasteiger partial charge in [-0.05, 0) is 41.8 Å². The van der Waals surface area contributed by atoms with Crippen LogP contribution in [0.25, 0.3) is 11.1 Å². The van der Waals surface area contributed by atoms with Crippen molar-refractivity contribution in [2.75, 3.05) is 12.4 Å². The van der Waals surface area contributed by atoms with E-state index in [9.17, 15) is 65.5 Å². The van der Waals surface area contributed by atoms with Gasteiger partial charge in [0.15, 0.2) is 9.84 Å². The molecule has 0 fully saturated rings. The number of rotatable bonds is 15. The Hall–Kier alpha value is -2.72. The van der Waals surface area contributed by atoms with Gasteiger partial charge in [-0.15, -0.1) is 0 Å². The molecule has 0 bridgehead atoms. The van der Waals surface area contributed by atoms with Crippen LogP contribution in [0, 0.1) is 0 Å². The molecule has 0 aliphatic rings. The van der Waals surface area contributed by atoms with Gasteiger partial charge in [0.1, 0.15) is 5.75 Å². The first-order valence-corrected chi connectivity index (χ1v) is 14.1. The minimum absolute atomic E-state index is 0.387. The molecule has 2 aromatic carbocycles. The number of hydrogen-bond donors (Lipinski definition) is 0. The van der Waals surface area contributed by atoms with Gasteiger partial charge in [0, 0.05) is 6.42 Å². The first-order valence-electron chi connectivity index (χ1n) is 12.5. The van der Waals surface area contributed by atoms with Crippen LogP contribution in [0.3, 0.4) is 0 Å². The van der Waals surface area contributed by atoms with Gasteiger partial charge in [-0.1, -0.05) is 50.5 Å². The molecule has 0 spiro atoms. The predicted octanol–water partition coefficient (Wildman–Crippen LogP) is 9.22. The molecule has 43 heavy (non-hydrogen) atoms. The molecule has 0 aromatic heterocycles. The van der Waals surface area contributed by atoms with Crippen molar-refractivity contribution in [3.05, 3.63) is 48.5 Å². The van der Waals surface area contributed by atoms with E-state index in [1.807, 2.05) is 0 Å². The van der Waals surface area contributed by atoms with Crippen molar-refractivity contribution in [1.82, 2.24) is 0 Å². The Morgan fingerprint density at radius 3 is 1.53 bits per heavy atom. The zero-order valence-corrected chi connectivity index (χ0v) is 22.9. The minimum atomic E-state index is -8.04. The van der Waals surface area contributed by atoms with Crippen LogP contribution in [0.4, 0.5) is 57.1 Å². The van der Waals surface area contributed by atoms with Crippen LogP contribution in [0.15, 0.2) is 53.4 Å². The number of unbranched alkanes of at least 4 members (excludes halogenated alkanes) is 3. The van der Waals surface area contributed by atoms with Gasteiger partial charge in [0.05, 0.1) is 17.3 Å². The summed E-state index contributed by atoms with van der Waals surface area (Å²) >= 11 is 0. The van der Waals surface area contributed by atoms with E-state index in [0.717, 1.165) is 37.8 Å². The van der Waals surface area contributed by atoms with Gasteiger partial charge in [0.25, 0.3) is 0 Å². The average molecular weight is 665 g/mol. The van der Waals surface area contributed by atoms with E-state index in [-0.39, 0.29) is 0 Å². The van der Waals surface area contributed by atoms with E-state index < -0.39 is 62.7 Å². The minimum Gasteiger partial charge on any atom is -0.494 e. The normalized spacial score (nSPS) is 14.2. The Kier molecular flexibility index (Phi) is 10.8. The second-order valence-corrected chi connectivity index (χ2v) is 11.6. The van der Waals surface area contributed by atoms with Crippen LogP contribution in [0.2, 0.25) is 0 Å². The Morgan fingerprint density at radius 2 is 1.07 bits per heavy atom. The van der Waals surface area contributed by atoms with Gasteiger partial charge < -0.3 is 4.74 Å². The van der Waals surface area contributed by atoms with Crippen molar-refractivity contribution in [1.29, 1.82) is 0 Å². The fraction of sp³-hybridized carbons (Fsp3) is 0.538. The van der Waals surface area contributed by atoms with E-state index in [1.54, 1.807) is 24.3 Å². The molecule has 244 valence electrons. The maximum absolute atomic E-state index is 14.0. The Morgan fingerprint density at radius 1 is 0.605 bits per heavy atom. The third kappa shape index (κ3) is 7.33. The van der Waals surface area contributed by atoms with Crippen LogP contribution < -0.4 is 4.74 Å². The summed E-state index contributed by atoms with van der Waals surface area (Å²) in [6, 6.07) is 10.5. The standard InChI is InChI=1S/C26H25F13O3S/c1-2-3-4-5-15-42-19-10-6-17(7-11-19)18-8-12-20(13-9-18)43(40,41)16-14-21(27,28)22(29,30)23(31,32)24(33,34)25(35,36)26(37,38)39/h6-13H,2-5,14-16H2,1H3. The molecule has 0 amide bonds. The summed E-state index contributed by atoms with van der Waals surface area (Å²) in [6.07, 6.45) is -6.40. The van der Waals surface area contributed by atoms with E-state index >= 15 is 0 Å². The Balaban J connectivity index is 2.17. The summed E-state index contributed by atoms with van der Waals surface area (Å²) in [7, 11) is -5.00. The van der Waals surface area contributed by atoms with Crippen molar-refractivity contribution in [3.8, 4) is 16.9 Å². The number of hydrogen-bond acceptors (Lipinski definition) is 3. The summed E-state index contributed by atoms with van der Waals surface area (Å²) in [4.78, 5) is -0.789. The summed E-state index contributed by atoms with van der Waals surface area (Å²) < 4.78 is 203. The van der Waals surface area contributed by atoms with Crippen molar-refractivity contribution >= 4 is 9.84 Å². The summed E-state index contributed by atoms with van der Waals surface area (Å²) in [5.74, 6) is -39.4. The molecule has 0 N–H and O–H groups in total. The number of halogens is 13. The number of ether oxygens (including phenoxy) is 1. The van der Waals surface area contributed by atoms with Gasteiger partial charge in [-0.2, -0.15) is 57.1 Å². The zero-order chi connectivity index (χ0) is 33.1. The lowest BCUT2D eigenvalue weighted by Gasteiger charge is -2.39. The third-order valence-corrected chi connectivity index (χ3v) is 8.08. The van der Waals surface area contributed by atoms with Crippen molar-refractivity contribution in [3.63, 3.8) is 0 Å². The van der Waals surface area contributed by atoms with E-state index in [1.165, 1.54) is 12.1 Å². The SMILES string of the molecule is CCCCCCOc1ccc(-c2ccc(S(=O)(=O)CCC(F)(F)C(F)(F)C(F)(F)C(F)(F)C(F)(F)C(F)(F)F)cc2)cc1.